The second-order valence-corrected chi connectivity index (χ2v) is 10.7. The summed E-state index contributed by atoms with van der Waals surface area (Å²) < 4.78 is 11.6. The Morgan fingerprint density at radius 3 is 2.18 bits per heavy atom. The molecule has 0 aliphatic heterocycles. The highest BCUT2D eigenvalue weighted by Gasteiger charge is 2.21. The Kier molecular flexibility index (Phi) is 8.25. The van der Waals surface area contributed by atoms with Gasteiger partial charge in [0.2, 0.25) is 0 Å². The first-order valence-electron chi connectivity index (χ1n) is 13.1. The molecule has 38 heavy (non-hydrogen) atoms. The SMILES string of the molecule is COc1ccc(-c2ccc(Oc3ccccc3C(C)(C)C)c(NC(=O)NC3CCCCC3)c2)cc1C(=O)O. The number of rotatable bonds is 7. The summed E-state index contributed by atoms with van der Waals surface area (Å²) in [4.78, 5) is 24.8. The van der Waals surface area contributed by atoms with Crippen molar-refractivity contribution in [3.63, 3.8) is 0 Å². The number of ether oxygens (including phenoxy) is 2. The molecular formula is C31H36N2O5. The number of nitrogens with one attached hydrogen (secondary N) is 2. The van der Waals surface area contributed by atoms with Crippen LogP contribution < -0.4 is 20.1 Å². The van der Waals surface area contributed by atoms with Gasteiger partial charge < -0.3 is 25.2 Å². The Morgan fingerprint density at radius 2 is 1.53 bits per heavy atom. The van der Waals surface area contributed by atoms with Crippen LogP contribution in [0.1, 0.15) is 68.8 Å². The lowest BCUT2D eigenvalue weighted by Gasteiger charge is -2.24. The summed E-state index contributed by atoms with van der Waals surface area (Å²) in [7, 11) is 1.44. The van der Waals surface area contributed by atoms with Crippen LogP contribution in [-0.2, 0) is 5.41 Å². The number of carboxylic acid groups (broad SMARTS) is 1. The fourth-order valence-corrected chi connectivity index (χ4v) is 4.84. The lowest BCUT2D eigenvalue weighted by Crippen LogP contribution is -2.39. The van der Waals surface area contributed by atoms with E-state index in [4.69, 9.17) is 9.47 Å². The van der Waals surface area contributed by atoms with Crippen LogP contribution in [0.2, 0.25) is 0 Å². The highest BCUT2D eigenvalue weighted by molar-refractivity contribution is 5.94. The van der Waals surface area contributed by atoms with E-state index in [1.54, 1.807) is 24.3 Å². The Morgan fingerprint density at radius 1 is 0.868 bits per heavy atom. The van der Waals surface area contributed by atoms with Crippen molar-refractivity contribution >= 4 is 17.7 Å². The van der Waals surface area contributed by atoms with Gasteiger partial charge in [0.15, 0.2) is 5.75 Å². The second kappa shape index (κ2) is 11.6. The van der Waals surface area contributed by atoms with Crippen molar-refractivity contribution in [3.8, 4) is 28.4 Å². The predicted molar refractivity (Wildman–Crippen MR) is 150 cm³/mol. The quantitative estimate of drug-likeness (QED) is 0.300. The number of hydrogen-bond acceptors (Lipinski definition) is 4. The number of carbonyl (C=O) groups is 2. The van der Waals surface area contributed by atoms with Gasteiger partial charge in [-0.1, -0.05) is 70.4 Å². The molecule has 0 saturated heterocycles. The van der Waals surface area contributed by atoms with E-state index in [0.717, 1.165) is 36.8 Å². The Hall–Kier alpha value is -4.00. The minimum Gasteiger partial charge on any atom is -0.496 e. The molecule has 0 aromatic heterocycles. The Labute approximate surface area is 224 Å². The zero-order valence-corrected chi connectivity index (χ0v) is 22.5. The van der Waals surface area contributed by atoms with E-state index >= 15 is 0 Å². The number of para-hydroxylation sites is 1. The van der Waals surface area contributed by atoms with Gasteiger partial charge in [-0.15, -0.1) is 0 Å². The standard InChI is InChI=1S/C31H36N2O5/c1-31(2,3)24-12-8-9-13-27(24)38-28-17-15-21(20-14-16-26(37-4)23(18-20)29(34)35)19-25(28)33-30(36)32-22-10-6-5-7-11-22/h8-9,12-19,22H,5-7,10-11H2,1-4H3,(H,34,35)(H2,32,33,36). The molecule has 7 nitrogen and oxygen atoms in total. The number of hydrogen-bond donors (Lipinski definition) is 3. The zero-order valence-electron chi connectivity index (χ0n) is 22.5. The molecule has 3 aromatic carbocycles. The van der Waals surface area contributed by atoms with Crippen molar-refractivity contribution in [2.24, 2.45) is 0 Å². The van der Waals surface area contributed by atoms with Gasteiger partial charge in [-0.3, -0.25) is 0 Å². The van der Waals surface area contributed by atoms with Crippen LogP contribution in [0.4, 0.5) is 10.5 Å². The first kappa shape index (κ1) is 27.0. The van der Waals surface area contributed by atoms with Crippen molar-refractivity contribution < 1.29 is 24.2 Å². The van der Waals surface area contributed by atoms with Crippen molar-refractivity contribution in [1.29, 1.82) is 0 Å². The maximum Gasteiger partial charge on any atom is 0.339 e. The lowest BCUT2D eigenvalue weighted by molar-refractivity contribution is 0.0693. The highest BCUT2D eigenvalue weighted by atomic mass is 16.5. The van der Waals surface area contributed by atoms with E-state index in [2.05, 4.69) is 31.4 Å². The van der Waals surface area contributed by atoms with Crippen molar-refractivity contribution in [3.05, 3.63) is 71.8 Å². The number of carboxylic acids is 1. The number of urea groups is 1. The summed E-state index contributed by atoms with van der Waals surface area (Å²) in [5.74, 6) is 0.412. The number of carbonyl (C=O) groups excluding carboxylic acids is 1. The van der Waals surface area contributed by atoms with Crippen LogP contribution in [0, 0.1) is 0 Å². The lowest BCUT2D eigenvalue weighted by atomic mass is 9.86. The molecule has 0 radical (unpaired) electrons. The fraction of sp³-hybridized carbons (Fsp3) is 0.355. The summed E-state index contributed by atoms with van der Waals surface area (Å²) in [5, 5.41) is 15.7. The monoisotopic (exact) mass is 516 g/mol. The Bertz CT molecular complexity index is 1310. The number of anilines is 1. The first-order valence-corrected chi connectivity index (χ1v) is 13.1. The fourth-order valence-electron chi connectivity index (χ4n) is 4.84. The predicted octanol–water partition coefficient (Wildman–Crippen LogP) is 7.60. The van der Waals surface area contributed by atoms with Gasteiger partial charge in [-0.2, -0.15) is 0 Å². The van der Waals surface area contributed by atoms with Crippen LogP contribution in [-0.4, -0.2) is 30.3 Å². The van der Waals surface area contributed by atoms with Gasteiger partial charge in [-0.25, -0.2) is 9.59 Å². The van der Waals surface area contributed by atoms with E-state index in [-0.39, 0.29) is 28.8 Å². The molecule has 7 heteroatoms. The average Bonchev–Trinajstić information content (AvgIpc) is 2.89. The summed E-state index contributed by atoms with van der Waals surface area (Å²) in [6, 6.07) is 18.2. The van der Waals surface area contributed by atoms with E-state index < -0.39 is 5.97 Å². The topological polar surface area (TPSA) is 96.9 Å². The second-order valence-electron chi connectivity index (χ2n) is 10.7. The van der Waals surface area contributed by atoms with Gasteiger partial charge in [0.05, 0.1) is 12.8 Å². The minimum absolute atomic E-state index is 0.0639. The van der Waals surface area contributed by atoms with Gasteiger partial charge >= 0.3 is 12.0 Å². The molecule has 1 aliphatic rings. The number of amides is 2. The maximum absolute atomic E-state index is 13.0. The molecule has 3 aromatic rings. The number of aromatic carboxylic acids is 1. The van der Waals surface area contributed by atoms with Crippen LogP contribution in [0.3, 0.4) is 0 Å². The van der Waals surface area contributed by atoms with E-state index in [0.29, 0.717) is 22.7 Å². The summed E-state index contributed by atoms with van der Waals surface area (Å²) >= 11 is 0. The normalized spacial score (nSPS) is 14.0. The van der Waals surface area contributed by atoms with Crippen molar-refractivity contribution in [2.45, 2.75) is 64.3 Å². The number of benzene rings is 3. The molecule has 0 heterocycles. The molecule has 1 saturated carbocycles. The third-order valence-corrected chi connectivity index (χ3v) is 6.85. The molecule has 0 atom stereocenters. The van der Waals surface area contributed by atoms with Crippen LogP contribution in [0.25, 0.3) is 11.1 Å². The largest absolute Gasteiger partial charge is 0.496 e. The molecule has 0 unspecified atom stereocenters. The molecule has 3 N–H and O–H groups in total. The molecule has 0 spiro atoms. The van der Waals surface area contributed by atoms with Crippen LogP contribution in [0.15, 0.2) is 60.7 Å². The van der Waals surface area contributed by atoms with Crippen molar-refractivity contribution in [1.82, 2.24) is 5.32 Å². The van der Waals surface area contributed by atoms with Gasteiger partial charge in [0.25, 0.3) is 0 Å². The summed E-state index contributed by atoms with van der Waals surface area (Å²) in [6.45, 7) is 6.37. The molecule has 0 bridgehead atoms. The summed E-state index contributed by atoms with van der Waals surface area (Å²) in [6.07, 6.45) is 5.37. The molecule has 1 fully saturated rings. The molecule has 2 amide bonds. The molecule has 4 rings (SSSR count). The van der Waals surface area contributed by atoms with Crippen LogP contribution in [0.5, 0.6) is 17.2 Å². The van der Waals surface area contributed by atoms with Gasteiger partial charge in [0, 0.05) is 11.6 Å². The van der Waals surface area contributed by atoms with Crippen molar-refractivity contribution in [2.75, 3.05) is 12.4 Å². The number of methoxy groups -OCH3 is 1. The summed E-state index contributed by atoms with van der Waals surface area (Å²) in [5.41, 5.74) is 2.88. The zero-order chi connectivity index (χ0) is 27.3. The minimum atomic E-state index is -1.08. The molecular weight excluding hydrogens is 480 g/mol. The van der Waals surface area contributed by atoms with Crippen LogP contribution >= 0.6 is 0 Å². The van der Waals surface area contributed by atoms with Gasteiger partial charge in [0.1, 0.15) is 17.1 Å². The average molecular weight is 517 g/mol. The third-order valence-electron chi connectivity index (χ3n) is 6.85. The Balaban J connectivity index is 1.70. The maximum atomic E-state index is 13.0. The third kappa shape index (κ3) is 6.46. The van der Waals surface area contributed by atoms with E-state index in [1.165, 1.54) is 13.5 Å². The first-order chi connectivity index (χ1) is 18.2. The molecule has 1 aliphatic carbocycles. The highest BCUT2D eigenvalue weighted by Crippen LogP contribution is 2.39. The van der Waals surface area contributed by atoms with E-state index in [1.807, 2.05) is 36.4 Å². The molecule has 200 valence electrons. The van der Waals surface area contributed by atoms with Gasteiger partial charge in [-0.05, 0) is 59.7 Å². The van der Waals surface area contributed by atoms with E-state index in [9.17, 15) is 14.7 Å². The smallest absolute Gasteiger partial charge is 0.339 e.